The number of hydrogen-bond donors (Lipinski definition) is 1. The third kappa shape index (κ3) is 6.08. The number of nitrogens with one attached hydrogen (secondary N) is 1. The second kappa shape index (κ2) is 8.94. The Bertz CT molecular complexity index is 391. The Kier molecular flexibility index (Phi) is 7.53. The molecule has 1 N–H and O–H groups in total. The van der Waals surface area contributed by atoms with Gasteiger partial charge in [-0.3, -0.25) is 4.79 Å². The molecule has 1 rings (SSSR count). The number of carbonyl (C=O) groups excluding carboxylic acids is 1. The average molecular weight is 283 g/mol. The van der Waals surface area contributed by atoms with Gasteiger partial charge < -0.3 is 10.2 Å². The summed E-state index contributed by atoms with van der Waals surface area (Å²) in [6.07, 6.45) is 2.11. The van der Waals surface area contributed by atoms with Crippen molar-refractivity contribution in [2.45, 2.75) is 26.7 Å². The lowest BCUT2D eigenvalue weighted by Crippen LogP contribution is -2.27. The number of unbranched alkanes of at least 4 members (excludes halogenated alkanes) is 1. The fraction of sp³-hybridized carbons (Fsp3) is 0.533. The fourth-order valence-corrected chi connectivity index (χ4v) is 2.12. The molecule has 0 saturated heterocycles. The van der Waals surface area contributed by atoms with E-state index in [1.54, 1.807) is 24.3 Å². The summed E-state index contributed by atoms with van der Waals surface area (Å²) in [5, 5.41) is 3.51. The summed E-state index contributed by atoms with van der Waals surface area (Å²) in [5.41, 5.74) is 0.622. The highest BCUT2D eigenvalue weighted by molar-refractivity contribution is 6.30. The molecule has 1 aromatic rings. The smallest absolute Gasteiger partial charge is 0.251 e. The molecule has 0 atom stereocenters. The van der Waals surface area contributed by atoms with Gasteiger partial charge in [0.05, 0.1) is 0 Å². The lowest BCUT2D eigenvalue weighted by molar-refractivity contribution is 0.0952. The van der Waals surface area contributed by atoms with Gasteiger partial charge in [0.15, 0.2) is 0 Å². The van der Waals surface area contributed by atoms with Crippen molar-refractivity contribution in [2.24, 2.45) is 0 Å². The average Bonchev–Trinajstić information content (AvgIpc) is 2.42. The number of benzene rings is 1. The Labute approximate surface area is 120 Å². The summed E-state index contributed by atoms with van der Waals surface area (Å²) >= 11 is 5.85. The highest BCUT2D eigenvalue weighted by Crippen LogP contribution is 2.10. The number of amides is 1. The first-order chi connectivity index (χ1) is 9.17. The second-order valence-electron chi connectivity index (χ2n) is 4.50. The summed E-state index contributed by atoms with van der Waals surface area (Å²) in [5.74, 6) is -0.0506. The van der Waals surface area contributed by atoms with E-state index in [1.165, 1.54) is 0 Å². The van der Waals surface area contributed by atoms with Crippen molar-refractivity contribution < 1.29 is 4.79 Å². The van der Waals surface area contributed by atoms with Gasteiger partial charge in [0, 0.05) is 17.1 Å². The fourth-order valence-electron chi connectivity index (χ4n) is 1.93. The Morgan fingerprint density at radius 1 is 1.26 bits per heavy atom. The number of nitrogens with zero attached hydrogens (tertiary/aromatic N) is 1. The first kappa shape index (κ1) is 16.0. The number of halogens is 1. The molecule has 0 aliphatic carbocycles. The van der Waals surface area contributed by atoms with E-state index < -0.39 is 0 Å². The number of hydrogen-bond acceptors (Lipinski definition) is 2. The highest BCUT2D eigenvalue weighted by Gasteiger charge is 2.05. The van der Waals surface area contributed by atoms with Crippen LogP contribution in [0.5, 0.6) is 0 Å². The van der Waals surface area contributed by atoms with Crippen molar-refractivity contribution in [2.75, 3.05) is 26.2 Å². The van der Waals surface area contributed by atoms with Crippen LogP contribution in [0.2, 0.25) is 5.02 Å². The number of rotatable bonds is 8. The van der Waals surface area contributed by atoms with Gasteiger partial charge in [-0.1, -0.05) is 31.5 Å². The molecule has 3 nitrogen and oxygen atoms in total. The second-order valence-corrected chi connectivity index (χ2v) is 4.94. The molecule has 4 heteroatoms. The third-order valence-electron chi connectivity index (χ3n) is 3.17. The molecule has 0 fully saturated rings. The predicted octanol–water partition coefficient (Wildman–Crippen LogP) is 3.19. The van der Waals surface area contributed by atoms with Gasteiger partial charge in [0.2, 0.25) is 0 Å². The van der Waals surface area contributed by atoms with Crippen LogP contribution in [-0.4, -0.2) is 37.0 Å². The molecule has 0 spiro atoms. The summed E-state index contributed by atoms with van der Waals surface area (Å²) < 4.78 is 0. The van der Waals surface area contributed by atoms with Crippen molar-refractivity contribution in [3.63, 3.8) is 0 Å². The Hall–Kier alpha value is -1.06. The van der Waals surface area contributed by atoms with Gasteiger partial charge in [-0.05, 0) is 50.7 Å². The molecule has 1 aromatic carbocycles. The Morgan fingerprint density at radius 2 is 2.00 bits per heavy atom. The van der Waals surface area contributed by atoms with Gasteiger partial charge in [-0.2, -0.15) is 0 Å². The van der Waals surface area contributed by atoms with Gasteiger partial charge >= 0.3 is 0 Å². The van der Waals surface area contributed by atoms with Crippen molar-refractivity contribution in [1.82, 2.24) is 10.2 Å². The van der Waals surface area contributed by atoms with Crippen LogP contribution in [0, 0.1) is 0 Å². The van der Waals surface area contributed by atoms with Crippen molar-refractivity contribution in [3.05, 3.63) is 34.9 Å². The molecule has 0 aliphatic rings. The zero-order valence-electron chi connectivity index (χ0n) is 11.8. The first-order valence-electron chi connectivity index (χ1n) is 6.93. The van der Waals surface area contributed by atoms with Crippen LogP contribution in [0.15, 0.2) is 24.3 Å². The highest BCUT2D eigenvalue weighted by atomic mass is 35.5. The maximum absolute atomic E-state index is 11.8. The lowest BCUT2D eigenvalue weighted by atomic mass is 10.2. The van der Waals surface area contributed by atoms with Gasteiger partial charge in [-0.15, -0.1) is 0 Å². The van der Waals surface area contributed by atoms with Crippen LogP contribution in [0.25, 0.3) is 0 Å². The predicted molar refractivity (Wildman–Crippen MR) is 80.8 cm³/mol. The summed E-state index contributed by atoms with van der Waals surface area (Å²) in [7, 11) is 0. The zero-order chi connectivity index (χ0) is 14.1. The molecule has 0 bridgehead atoms. The molecule has 0 aromatic heterocycles. The van der Waals surface area contributed by atoms with Gasteiger partial charge in [0.1, 0.15) is 0 Å². The van der Waals surface area contributed by atoms with Crippen LogP contribution in [0.1, 0.15) is 37.0 Å². The van der Waals surface area contributed by atoms with Crippen LogP contribution >= 0.6 is 11.6 Å². The normalized spacial score (nSPS) is 10.7. The minimum Gasteiger partial charge on any atom is -0.352 e. The summed E-state index contributed by atoms with van der Waals surface area (Å²) in [4.78, 5) is 14.2. The van der Waals surface area contributed by atoms with Crippen molar-refractivity contribution in [1.29, 1.82) is 0 Å². The Balaban J connectivity index is 2.21. The zero-order valence-corrected chi connectivity index (χ0v) is 12.5. The van der Waals surface area contributed by atoms with E-state index in [0.29, 0.717) is 17.1 Å². The van der Waals surface area contributed by atoms with Crippen LogP contribution in [0.3, 0.4) is 0 Å². The first-order valence-corrected chi connectivity index (χ1v) is 7.31. The molecular weight excluding hydrogens is 260 g/mol. The molecule has 19 heavy (non-hydrogen) atoms. The van der Waals surface area contributed by atoms with E-state index in [9.17, 15) is 4.79 Å². The third-order valence-corrected chi connectivity index (χ3v) is 3.40. The largest absolute Gasteiger partial charge is 0.352 e. The van der Waals surface area contributed by atoms with E-state index in [4.69, 9.17) is 11.6 Å². The molecule has 0 unspecified atom stereocenters. The molecule has 106 valence electrons. The minimum atomic E-state index is -0.0506. The van der Waals surface area contributed by atoms with E-state index in [0.717, 1.165) is 32.5 Å². The topological polar surface area (TPSA) is 32.3 Å². The lowest BCUT2D eigenvalue weighted by Gasteiger charge is -2.17. The van der Waals surface area contributed by atoms with E-state index in [1.807, 2.05) is 0 Å². The molecule has 1 amide bonds. The standard InChI is InChI=1S/C15H23ClN2O/c1-3-18(4-2)11-6-5-10-17-15(19)13-8-7-9-14(16)12-13/h7-9,12H,3-6,10-11H2,1-2H3,(H,17,19). The molecule has 0 heterocycles. The van der Waals surface area contributed by atoms with E-state index in [2.05, 4.69) is 24.1 Å². The van der Waals surface area contributed by atoms with Gasteiger partial charge in [-0.25, -0.2) is 0 Å². The maximum atomic E-state index is 11.8. The molecular formula is C15H23ClN2O. The SMILES string of the molecule is CCN(CC)CCCCNC(=O)c1cccc(Cl)c1. The maximum Gasteiger partial charge on any atom is 0.251 e. The Morgan fingerprint density at radius 3 is 2.63 bits per heavy atom. The van der Waals surface area contributed by atoms with E-state index in [-0.39, 0.29) is 5.91 Å². The molecule has 0 radical (unpaired) electrons. The van der Waals surface area contributed by atoms with Gasteiger partial charge in [0.25, 0.3) is 5.91 Å². The van der Waals surface area contributed by atoms with Crippen LogP contribution in [-0.2, 0) is 0 Å². The van der Waals surface area contributed by atoms with E-state index >= 15 is 0 Å². The minimum absolute atomic E-state index is 0.0506. The van der Waals surface area contributed by atoms with Crippen molar-refractivity contribution >= 4 is 17.5 Å². The van der Waals surface area contributed by atoms with Crippen LogP contribution < -0.4 is 5.32 Å². The summed E-state index contributed by atoms with van der Waals surface area (Å²) in [6, 6.07) is 7.02. The quantitative estimate of drug-likeness (QED) is 0.743. The van der Waals surface area contributed by atoms with Crippen molar-refractivity contribution in [3.8, 4) is 0 Å². The molecule has 0 aliphatic heterocycles. The molecule has 0 saturated carbocycles. The monoisotopic (exact) mass is 282 g/mol. The summed E-state index contributed by atoms with van der Waals surface area (Å²) in [6.45, 7) is 8.33. The number of carbonyl (C=O) groups is 1. The van der Waals surface area contributed by atoms with Crippen LogP contribution in [0.4, 0.5) is 0 Å².